The Bertz CT molecular complexity index is 263. The first kappa shape index (κ1) is 15.4. The molecule has 3 N–H and O–H groups in total. The largest absolute Gasteiger partial charge is 0.394 e. The molecule has 1 atom stereocenters. The van der Waals surface area contributed by atoms with Gasteiger partial charge < -0.3 is 20.5 Å². The Morgan fingerprint density at radius 1 is 1.33 bits per heavy atom. The Labute approximate surface area is 109 Å². The molecule has 1 aliphatic rings. The van der Waals surface area contributed by atoms with Gasteiger partial charge in [0.1, 0.15) is 0 Å². The van der Waals surface area contributed by atoms with Crippen LogP contribution in [-0.2, 0) is 9.53 Å². The summed E-state index contributed by atoms with van der Waals surface area (Å²) < 4.78 is 5.28. The summed E-state index contributed by atoms with van der Waals surface area (Å²) in [5.41, 5.74) is -0.351. The van der Waals surface area contributed by atoms with Crippen LogP contribution in [0.25, 0.3) is 0 Å². The lowest BCUT2D eigenvalue weighted by molar-refractivity contribution is -0.121. The lowest BCUT2D eigenvalue weighted by Crippen LogP contribution is -2.55. The minimum atomic E-state index is -0.351. The van der Waals surface area contributed by atoms with Crippen molar-refractivity contribution in [3.63, 3.8) is 0 Å². The monoisotopic (exact) mass is 258 g/mol. The Morgan fingerprint density at radius 3 is 2.44 bits per heavy atom. The second-order valence-electron chi connectivity index (χ2n) is 5.50. The molecule has 1 unspecified atom stereocenters. The van der Waals surface area contributed by atoms with E-state index >= 15 is 0 Å². The second-order valence-corrected chi connectivity index (χ2v) is 5.50. The number of carbonyl (C=O) groups is 1. The van der Waals surface area contributed by atoms with Crippen LogP contribution in [0.4, 0.5) is 0 Å². The molecule has 18 heavy (non-hydrogen) atoms. The predicted molar refractivity (Wildman–Crippen MR) is 70.3 cm³/mol. The number of rotatable bonds is 6. The fourth-order valence-corrected chi connectivity index (χ4v) is 1.89. The highest BCUT2D eigenvalue weighted by Crippen LogP contribution is 2.19. The number of hydrogen-bond donors (Lipinski definition) is 3. The lowest BCUT2D eigenvalue weighted by Gasteiger charge is -2.36. The minimum absolute atomic E-state index is 0.0180. The Morgan fingerprint density at radius 2 is 1.94 bits per heavy atom. The van der Waals surface area contributed by atoms with Crippen molar-refractivity contribution in [2.75, 3.05) is 26.4 Å². The van der Waals surface area contributed by atoms with E-state index in [1.165, 1.54) is 0 Å². The fourth-order valence-electron chi connectivity index (χ4n) is 1.89. The van der Waals surface area contributed by atoms with E-state index < -0.39 is 0 Å². The molecule has 1 amide bonds. The summed E-state index contributed by atoms with van der Waals surface area (Å²) in [4.78, 5) is 11.8. The predicted octanol–water partition coefficient (Wildman–Crippen LogP) is 0.278. The maximum atomic E-state index is 11.8. The smallest absolute Gasteiger partial charge is 0.234 e. The number of ether oxygens (including phenoxy) is 1. The Hall–Kier alpha value is -0.650. The molecule has 0 bridgehead atoms. The van der Waals surface area contributed by atoms with Crippen molar-refractivity contribution >= 4 is 5.91 Å². The zero-order valence-corrected chi connectivity index (χ0v) is 11.7. The van der Waals surface area contributed by atoms with E-state index in [0.29, 0.717) is 19.1 Å². The molecule has 1 rings (SSSR count). The van der Waals surface area contributed by atoms with Gasteiger partial charge in [-0.05, 0) is 25.7 Å². The maximum Gasteiger partial charge on any atom is 0.234 e. The summed E-state index contributed by atoms with van der Waals surface area (Å²) >= 11 is 0. The summed E-state index contributed by atoms with van der Waals surface area (Å²) in [6.07, 6.45) is 1.49. The molecule has 0 aliphatic carbocycles. The average Bonchev–Trinajstić information content (AvgIpc) is 2.37. The number of nitrogens with one attached hydrogen (secondary N) is 2. The van der Waals surface area contributed by atoms with Crippen LogP contribution in [0.15, 0.2) is 0 Å². The third kappa shape index (κ3) is 4.55. The zero-order chi connectivity index (χ0) is 13.6. The standard InChI is InChI=1S/C13H26N2O3/c1-10(2)11(3)15-12(17)8-14-13(9-16)4-6-18-7-5-13/h10-11,14,16H,4-9H2,1-3H3,(H,15,17). The number of carbonyl (C=O) groups excluding carboxylic acids is 1. The molecule has 0 radical (unpaired) electrons. The van der Waals surface area contributed by atoms with Crippen LogP contribution in [0.3, 0.4) is 0 Å². The van der Waals surface area contributed by atoms with Crippen molar-refractivity contribution in [1.82, 2.24) is 10.6 Å². The molecule has 1 fully saturated rings. The summed E-state index contributed by atoms with van der Waals surface area (Å²) in [5, 5.41) is 15.6. The number of aliphatic hydroxyl groups is 1. The molecule has 0 aromatic rings. The first-order valence-corrected chi connectivity index (χ1v) is 6.72. The summed E-state index contributed by atoms with van der Waals surface area (Å²) in [6, 6.07) is 0.166. The minimum Gasteiger partial charge on any atom is -0.394 e. The normalized spacial score (nSPS) is 20.7. The van der Waals surface area contributed by atoms with Crippen molar-refractivity contribution in [2.45, 2.75) is 45.2 Å². The van der Waals surface area contributed by atoms with Gasteiger partial charge in [-0.1, -0.05) is 13.8 Å². The topological polar surface area (TPSA) is 70.6 Å². The Kier molecular flexibility index (Phi) is 6.05. The van der Waals surface area contributed by atoms with Gasteiger partial charge in [-0.2, -0.15) is 0 Å². The van der Waals surface area contributed by atoms with Gasteiger partial charge >= 0.3 is 0 Å². The van der Waals surface area contributed by atoms with E-state index in [4.69, 9.17) is 4.74 Å². The lowest BCUT2D eigenvalue weighted by atomic mass is 9.91. The molecule has 0 aromatic carbocycles. The van der Waals surface area contributed by atoms with Gasteiger partial charge in [0.2, 0.25) is 5.91 Å². The van der Waals surface area contributed by atoms with E-state index in [1.54, 1.807) is 0 Å². The molecular formula is C13H26N2O3. The van der Waals surface area contributed by atoms with E-state index in [1.807, 2.05) is 6.92 Å². The molecule has 1 heterocycles. The highest BCUT2D eigenvalue weighted by molar-refractivity contribution is 5.78. The molecular weight excluding hydrogens is 232 g/mol. The summed E-state index contributed by atoms with van der Waals surface area (Å²) in [6.45, 7) is 7.72. The van der Waals surface area contributed by atoms with E-state index in [2.05, 4.69) is 24.5 Å². The highest BCUT2D eigenvalue weighted by atomic mass is 16.5. The molecule has 5 nitrogen and oxygen atoms in total. The van der Waals surface area contributed by atoms with Crippen LogP contribution in [0.1, 0.15) is 33.6 Å². The molecule has 1 aliphatic heterocycles. The summed E-state index contributed by atoms with van der Waals surface area (Å²) in [7, 11) is 0. The SMILES string of the molecule is CC(C)C(C)NC(=O)CNC1(CO)CCOCC1. The molecule has 0 saturated carbocycles. The van der Waals surface area contributed by atoms with Gasteiger partial charge in [-0.15, -0.1) is 0 Å². The van der Waals surface area contributed by atoms with E-state index in [0.717, 1.165) is 12.8 Å². The molecule has 106 valence electrons. The molecule has 5 heteroatoms. The number of hydrogen-bond acceptors (Lipinski definition) is 4. The van der Waals surface area contributed by atoms with Crippen molar-refractivity contribution in [1.29, 1.82) is 0 Å². The van der Waals surface area contributed by atoms with Crippen LogP contribution in [-0.4, -0.2) is 49.0 Å². The van der Waals surface area contributed by atoms with Crippen LogP contribution >= 0.6 is 0 Å². The molecule has 0 spiro atoms. The van der Waals surface area contributed by atoms with Crippen molar-refractivity contribution in [3.8, 4) is 0 Å². The third-order valence-electron chi connectivity index (χ3n) is 3.77. The van der Waals surface area contributed by atoms with Gasteiger partial charge in [0.05, 0.1) is 13.2 Å². The third-order valence-corrected chi connectivity index (χ3v) is 3.77. The van der Waals surface area contributed by atoms with Crippen molar-refractivity contribution in [3.05, 3.63) is 0 Å². The number of aliphatic hydroxyl groups excluding tert-OH is 1. The quantitative estimate of drug-likeness (QED) is 0.640. The second kappa shape index (κ2) is 7.07. The van der Waals surface area contributed by atoms with Crippen LogP contribution < -0.4 is 10.6 Å². The first-order valence-electron chi connectivity index (χ1n) is 6.72. The van der Waals surface area contributed by atoms with Crippen LogP contribution in [0.2, 0.25) is 0 Å². The van der Waals surface area contributed by atoms with E-state index in [9.17, 15) is 9.90 Å². The van der Waals surface area contributed by atoms with Gasteiger partial charge in [0.15, 0.2) is 0 Å². The number of amides is 1. The zero-order valence-electron chi connectivity index (χ0n) is 11.7. The van der Waals surface area contributed by atoms with Crippen molar-refractivity contribution < 1.29 is 14.6 Å². The molecule has 0 aromatic heterocycles. The van der Waals surface area contributed by atoms with Gasteiger partial charge in [0.25, 0.3) is 0 Å². The first-order chi connectivity index (χ1) is 8.49. The highest BCUT2D eigenvalue weighted by Gasteiger charge is 2.31. The van der Waals surface area contributed by atoms with Crippen LogP contribution in [0, 0.1) is 5.92 Å². The molecule has 1 saturated heterocycles. The fraction of sp³-hybridized carbons (Fsp3) is 0.923. The van der Waals surface area contributed by atoms with Crippen LogP contribution in [0.5, 0.6) is 0 Å². The summed E-state index contributed by atoms with van der Waals surface area (Å²) in [5.74, 6) is 0.402. The van der Waals surface area contributed by atoms with Gasteiger partial charge in [0, 0.05) is 24.8 Å². The van der Waals surface area contributed by atoms with E-state index in [-0.39, 0.29) is 30.6 Å². The Balaban J connectivity index is 2.36. The van der Waals surface area contributed by atoms with Crippen molar-refractivity contribution in [2.24, 2.45) is 5.92 Å². The maximum absolute atomic E-state index is 11.8. The van der Waals surface area contributed by atoms with Gasteiger partial charge in [-0.3, -0.25) is 4.79 Å². The van der Waals surface area contributed by atoms with Gasteiger partial charge in [-0.25, -0.2) is 0 Å². The average molecular weight is 258 g/mol.